The third-order valence-corrected chi connectivity index (χ3v) is 3.42. The van der Waals surface area contributed by atoms with Gasteiger partial charge in [0.15, 0.2) is 0 Å². The third-order valence-electron chi connectivity index (χ3n) is 3.42. The molecule has 0 radical (unpaired) electrons. The molecule has 0 aliphatic heterocycles. The van der Waals surface area contributed by atoms with Crippen molar-refractivity contribution in [1.82, 2.24) is 0 Å². The molecule has 0 fully saturated rings. The van der Waals surface area contributed by atoms with Gasteiger partial charge in [-0.05, 0) is 44.2 Å². The Hall–Kier alpha value is -2.55. The fourth-order valence-electron chi connectivity index (χ4n) is 2.19. The number of hydrogen-bond acceptors (Lipinski definition) is 3. The van der Waals surface area contributed by atoms with Gasteiger partial charge in [-0.2, -0.15) is 0 Å². The summed E-state index contributed by atoms with van der Waals surface area (Å²) in [5.41, 5.74) is 0.595. The minimum absolute atomic E-state index is 0.0265. The van der Waals surface area contributed by atoms with E-state index in [1.807, 2.05) is 26.0 Å². The topological polar surface area (TPSA) is 39.4 Å². The number of hydrogen-bond donors (Lipinski definition) is 0. The van der Waals surface area contributed by atoms with Gasteiger partial charge in [0, 0.05) is 6.07 Å². The zero-order chi connectivity index (χ0) is 15.0. The summed E-state index contributed by atoms with van der Waals surface area (Å²) < 4.78 is 11.6. The van der Waals surface area contributed by atoms with Gasteiger partial charge in [-0.15, -0.1) is 0 Å². The number of benzene rings is 2. The molecular weight excluding hydrogens is 264 g/mol. The maximum Gasteiger partial charge on any atom is 0.200 e. The lowest BCUT2D eigenvalue weighted by atomic mass is 10.1. The average molecular weight is 280 g/mol. The molecule has 21 heavy (non-hydrogen) atoms. The largest absolute Gasteiger partial charge is 0.484 e. The van der Waals surface area contributed by atoms with Crippen LogP contribution in [0.25, 0.3) is 21.9 Å². The molecule has 0 amide bonds. The van der Waals surface area contributed by atoms with Gasteiger partial charge in [-0.3, -0.25) is 4.79 Å². The Morgan fingerprint density at radius 3 is 2.57 bits per heavy atom. The van der Waals surface area contributed by atoms with E-state index in [0.29, 0.717) is 27.7 Å². The molecule has 0 N–H and O–H groups in total. The van der Waals surface area contributed by atoms with Crippen LogP contribution < -0.4 is 10.2 Å². The predicted octanol–water partition coefficient (Wildman–Crippen LogP) is 4.29. The van der Waals surface area contributed by atoms with Crippen LogP contribution in [0.3, 0.4) is 0 Å². The molecular formula is C18H16O3. The van der Waals surface area contributed by atoms with Crippen molar-refractivity contribution in [2.75, 3.05) is 0 Å². The Bertz CT molecular complexity index is 888. The summed E-state index contributed by atoms with van der Waals surface area (Å²) in [6.45, 7) is 7.58. The van der Waals surface area contributed by atoms with Crippen LogP contribution in [0.1, 0.15) is 13.8 Å². The highest BCUT2D eigenvalue weighted by Gasteiger charge is 2.15. The summed E-state index contributed by atoms with van der Waals surface area (Å²) >= 11 is 0. The van der Waals surface area contributed by atoms with Gasteiger partial charge in [-0.25, -0.2) is 0 Å². The molecule has 3 aromatic rings. The molecule has 0 bridgehead atoms. The third kappa shape index (κ3) is 2.42. The van der Waals surface area contributed by atoms with E-state index in [0.717, 1.165) is 0 Å². The van der Waals surface area contributed by atoms with Crippen LogP contribution in [-0.4, -0.2) is 5.60 Å². The van der Waals surface area contributed by atoms with Gasteiger partial charge >= 0.3 is 0 Å². The summed E-state index contributed by atoms with van der Waals surface area (Å²) in [4.78, 5) is 12.4. The van der Waals surface area contributed by atoms with Gasteiger partial charge in [0.2, 0.25) is 5.43 Å². The molecule has 3 heteroatoms. The molecule has 0 unspecified atom stereocenters. The zero-order valence-corrected chi connectivity index (χ0v) is 12.1. The van der Waals surface area contributed by atoms with E-state index in [1.54, 1.807) is 36.4 Å². The van der Waals surface area contributed by atoms with Crippen LogP contribution in [0.2, 0.25) is 0 Å². The molecule has 0 aliphatic carbocycles. The van der Waals surface area contributed by atoms with Crippen molar-refractivity contribution in [2.45, 2.75) is 19.4 Å². The lowest BCUT2D eigenvalue weighted by molar-refractivity contribution is 0.162. The van der Waals surface area contributed by atoms with Crippen molar-refractivity contribution in [2.24, 2.45) is 0 Å². The molecule has 2 aromatic carbocycles. The van der Waals surface area contributed by atoms with Crippen molar-refractivity contribution in [1.29, 1.82) is 0 Å². The number of fused-ring (bicyclic) bond motifs is 2. The summed E-state index contributed by atoms with van der Waals surface area (Å²) in [6, 6.07) is 12.5. The molecule has 1 aromatic heterocycles. The minimum atomic E-state index is -0.481. The molecule has 0 atom stereocenters. The first kappa shape index (κ1) is 13.4. The molecule has 3 rings (SSSR count). The summed E-state index contributed by atoms with van der Waals surface area (Å²) in [5, 5.41) is 1.14. The Morgan fingerprint density at radius 1 is 1.10 bits per heavy atom. The van der Waals surface area contributed by atoms with E-state index in [9.17, 15) is 4.79 Å². The monoisotopic (exact) mass is 280 g/mol. The predicted molar refractivity (Wildman–Crippen MR) is 84.9 cm³/mol. The number of para-hydroxylation sites is 1. The molecule has 0 saturated heterocycles. The van der Waals surface area contributed by atoms with Crippen molar-refractivity contribution >= 4 is 21.9 Å². The maximum absolute atomic E-state index is 12.4. The Balaban J connectivity index is 2.20. The van der Waals surface area contributed by atoms with Gasteiger partial charge < -0.3 is 9.15 Å². The van der Waals surface area contributed by atoms with E-state index >= 15 is 0 Å². The van der Waals surface area contributed by atoms with Crippen molar-refractivity contribution in [3.63, 3.8) is 0 Å². The first-order valence-electron chi connectivity index (χ1n) is 6.78. The fraction of sp³-hybridized carbons (Fsp3) is 0.167. The molecule has 0 saturated carbocycles. The van der Waals surface area contributed by atoms with Crippen LogP contribution in [0, 0.1) is 0 Å². The van der Waals surface area contributed by atoms with E-state index in [2.05, 4.69) is 6.58 Å². The number of rotatable bonds is 3. The summed E-state index contributed by atoms with van der Waals surface area (Å²) in [7, 11) is 0. The Morgan fingerprint density at radius 2 is 1.81 bits per heavy atom. The van der Waals surface area contributed by atoms with E-state index in [1.165, 1.54) is 0 Å². The zero-order valence-electron chi connectivity index (χ0n) is 12.1. The minimum Gasteiger partial charge on any atom is -0.484 e. The highest BCUT2D eigenvalue weighted by molar-refractivity contribution is 5.90. The quantitative estimate of drug-likeness (QED) is 0.530. The second-order valence-corrected chi connectivity index (χ2v) is 5.49. The smallest absolute Gasteiger partial charge is 0.200 e. The van der Waals surface area contributed by atoms with Gasteiger partial charge in [0.25, 0.3) is 0 Å². The fourth-order valence-corrected chi connectivity index (χ4v) is 2.19. The SMILES string of the molecule is C=CC(C)(C)Oc1ccc2c(=O)c3ccccc3oc2c1. The van der Waals surface area contributed by atoms with Crippen LogP contribution >= 0.6 is 0 Å². The van der Waals surface area contributed by atoms with E-state index in [4.69, 9.17) is 9.15 Å². The Kier molecular flexibility index (Phi) is 3.05. The molecule has 3 nitrogen and oxygen atoms in total. The van der Waals surface area contributed by atoms with E-state index in [-0.39, 0.29) is 5.43 Å². The van der Waals surface area contributed by atoms with Crippen LogP contribution in [0.4, 0.5) is 0 Å². The first-order valence-corrected chi connectivity index (χ1v) is 6.78. The molecule has 106 valence electrons. The van der Waals surface area contributed by atoms with Crippen molar-refractivity contribution in [3.8, 4) is 5.75 Å². The van der Waals surface area contributed by atoms with Crippen LogP contribution in [-0.2, 0) is 0 Å². The summed E-state index contributed by atoms with van der Waals surface area (Å²) in [6.07, 6.45) is 1.73. The van der Waals surface area contributed by atoms with Crippen LogP contribution in [0.15, 0.2) is 64.3 Å². The van der Waals surface area contributed by atoms with Gasteiger partial charge in [0.1, 0.15) is 22.5 Å². The standard InChI is InChI=1S/C18H16O3/c1-4-18(2,3)21-12-9-10-14-16(11-12)20-15-8-6-5-7-13(15)17(14)19/h4-11H,1H2,2-3H3. The first-order chi connectivity index (χ1) is 10.00. The lowest BCUT2D eigenvalue weighted by Crippen LogP contribution is -2.24. The second-order valence-electron chi connectivity index (χ2n) is 5.49. The van der Waals surface area contributed by atoms with Gasteiger partial charge in [0.05, 0.1) is 10.8 Å². The highest BCUT2D eigenvalue weighted by Crippen LogP contribution is 2.25. The second kappa shape index (κ2) is 4.77. The molecule has 1 heterocycles. The van der Waals surface area contributed by atoms with Crippen molar-refractivity contribution in [3.05, 3.63) is 65.3 Å². The lowest BCUT2D eigenvalue weighted by Gasteiger charge is -2.22. The number of ether oxygens (including phenoxy) is 1. The average Bonchev–Trinajstić information content (AvgIpc) is 2.47. The Labute approximate surface area is 122 Å². The van der Waals surface area contributed by atoms with Crippen molar-refractivity contribution < 1.29 is 9.15 Å². The molecule has 0 spiro atoms. The molecule has 0 aliphatic rings. The van der Waals surface area contributed by atoms with Gasteiger partial charge in [-0.1, -0.05) is 18.7 Å². The highest BCUT2D eigenvalue weighted by atomic mass is 16.5. The maximum atomic E-state index is 12.4. The van der Waals surface area contributed by atoms with Crippen LogP contribution in [0.5, 0.6) is 5.75 Å². The normalized spacial score (nSPS) is 11.7. The van der Waals surface area contributed by atoms with E-state index < -0.39 is 5.60 Å². The summed E-state index contributed by atoms with van der Waals surface area (Å²) in [5.74, 6) is 0.644.